The average molecular weight is 828 g/mol. The van der Waals surface area contributed by atoms with Gasteiger partial charge in [-0.3, -0.25) is 9.48 Å². The molecule has 0 saturated carbocycles. The average Bonchev–Trinajstić information content (AvgIpc) is 3.97. The van der Waals surface area contributed by atoms with Crippen molar-refractivity contribution in [3.63, 3.8) is 0 Å². The van der Waals surface area contributed by atoms with Crippen molar-refractivity contribution in [2.75, 3.05) is 18.1 Å². The van der Waals surface area contributed by atoms with Gasteiger partial charge in [-0.1, -0.05) is 29.3 Å². The van der Waals surface area contributed by atoms with E-state index in [0.29, 0.717) is 48.5 Å². The Balaban J connectivity index is 1.14. The van der Waals surface area contributed by atoms with Crippen LogP contribution in [0.25, 0.3) is 50.3 Å². The van der Waals surface area contributed by atoms with Crippen molar-refractivity contribution in [3.8, 4) is 34.2 Å². The lowest BCUT2D eigenvalue weighted by atomic mass is 9.98. The summed E-state index contributed by atoms with van der Waals surface area (Å²) < 4.78 is 14.0. The quantitative estimate of drug-likeness (QED) is 0.133. The predicted octanol–water partition coefficient (Wildman–Crippen LogP) is 9.65. The third-order valence-electron chi connectivity index (χ3n) is 11.5. The van der Waals surface area contributed by atoms with Crippen molar-refractivity contribution in [3.05, 3.63) is 117 Å². The highest BCUT2D eigenvalue weighted by atomic mass is 35.5. The number of hydrogen-bond acceptors (Lipinski definition) is 7. The van der Waals surface area contributed by atoms with Crippen LogP contribution < -0.4 is 9.64 Å². The van der Waals surface area contributed by atoms with Gasteiger partial charge in [0.2, 0.25) is 0 Å². The van der Waals surface area contributed by atoms with Gasteiger partial charge in [-0.15, -0.1) is 5.10 Å². The SMILES string of the molecule is Cc1cnc(-n2cnc(-c3ccc4c(c3)c(N3CC(C)n5c(c(CCCOc6cc(C)c(Cl)c(C)c6)c6ccc(Cl)c(-c7c(C)nn(C)c7C)c65)C3=O)cn4C)n2)nc1. The van der Waals surface area contributed by atoms with Gasteiger partial charge < -0.3 is 18.8 Å². The van der Waals surface area contributed by atoms with E-state index in [4.69, 9.17) is 38.1 Å². The van der Waals surface area contributed by atoms with E-state index in [2.05, 4.69) is 50.1 Å². The molecule has 3 aromatic carbocycles. The number of halogens is 2. The second kappa shape index (κ2) is 14.7. The zero-order valence-corrected chi connectivity index (χ0v) is 35.8. The van der Waals surface area contributed by atoms with E-state index in [9.17, 15) is 0 Å². The van der Waals surface area contributed by atoms with Crippen LogP contribution in [-0.4, -0.2) is 62.7 Å². The molecule has 14 heteroatoms. The number of anilines is 1. The molecule has 300 valence electrons. The number of aryl methyl sites for hydroxylation is 7. The van der Waals surface area contributed by atoms with E-state index in [-0.39, 0.29) is 11.9 Å². The Morgan fingerprint density at radius 2 is 1.63 bits per heavy atom. The number of nitrogens with zero attached hydrogens (tertiary/aromatic N) is 10. The Morgan fingerprint density at radius 1 is 0.881 bits per heavy atom. The molecule has 0 bridgehead atoms. The van der Waals surface area contributed by atoms with Crippen molar-refractivity contribution in [1.29, 1.82) is 0 Å². The van der Waals surface area contributed by atoms with E-state index >= 15 is 4.79 Å². The fourth-order valence-corrected chi connectivity index (χ4v) is 9.01. The standard InChI is InChI=1S/C45H44Cl2N10O2/c1-24-19-48-45(49-20-24)56-23-50-43(52-56)30-11-14-36-34(18-30)37(22-53(36)7)55-21-27(4)57-41-33(12-13-35(46)39(41)38-28(5)51-54(8)29(38)6)32(42(57)44(55)58)10-9-15-59-31-16-25(2)40(47)26(3)17-31/h11-14,16-20,22-23,27H,9-10,15,21H2,1-8H3. The molecule has 0 radical (unpaired) electrons. The molecule has 0 saturated heterocycles. The summed E-state index contributed by atoms with van der Waals surface area (Å²) >= 11 is 13.6. The topological polar surface area (TPSA) is 114 Å². The molecule has 8 aromatic rings. The summed E-state index contributed by atoms with van der Waals surface area (Å²) in [4.78, 5) is 30.7. The highest BCUT2D eigenvalue weighted by Gasteiger charge is 2.37. The van der Waals surface area contributed by atoms with Gasteiger partial charge in [0.15, 0.2) is 5.82 Å². The van der Waals surface area contributed by atoms with Crippen LogP contribution >= 0.6 is 23.2 Å². The van der Waals surface area contributed by atoms with Crippen LogP contribution in [0, 0.1) is 34.6 Å². The zero-order chi connectivity index (χ0) is 41.4. The number of carbonyl (C=O) groups excluding carboxylic acids is 1. The Kier molecular flexibility index (Phi) is 9.59. The second-order valence-corrected chi connectivity index (χ2v) is 16.5. The van der Waals surface area contributed by atoms with Gasteiger partial charge in [-0.2, -0.15) is 9.78 Å². The minimum atomic E-state index is -0.102. The molecular formula is C45H44Cl2N10O2. The summed E-state index contributed by atoms with van der Waals surface area (Å²) in [7, 11) is 3.95. The monoisotopic (exact) mass is 826 g/mol. The number of carbonyl (C=O) groups is 1. The fraction of sp³-hybridized carbons (Fsp3) is 0.289. The third-order valence-corrected chi connectivity index (χ3v) is 12.5. The summed E-state index contributed by atoms with van der Waals surface area (Å²) in [6.45, 7) is 13.1. The molecule has 0 spiro atoms. The molecule has 0 fully saturated rings. The Bertz CT molecular complexity index is 2950. The third kappa shape index (κ3) is 6.45. The van der Waals surface area contributed by atoms with Gasteiger partial charge in [0, 0.05) is 89.0 Å². The predicted molar refractivity (Wildman–Crippen MR) is 233 cm³/mol. The summed E-state index contributed by atoms with van der Waals surface area (Å²) in [6.07, 6.45) is 8.45. The highest BCUT2D eigenvalue weighted by Crippen LogP contribution is 2.46. The van der Waals surface area contributed by atoms with Crippen LogP contribution in [0.3, 0.4) is 0 Å². The van der Waals surface area contributed by atoms with E-state index in [0.717, 1.165) is 88.6 Å². The number of aromatic nitrogens is 9. The van der Waals surface area contributed by atoms with E-state index in [1.807, 2.05) is 87.9 Å². The maximum atomic E-state index is 15.3. The van der Waals surface area contributed by atoms with Crippen LogP contribution in [0.5, 0.6) is 5.75 Å². The largest absolute Gasteiger partial charge is 0.494 e. The van der Waals surface area contributed by atoms with Crippen molar-refractivity contribution in [1.82, 2.24) is 43.6 Å². The van der Waals surface area contributed by atoms with Crippen LogP contribution in [0.1, 0.15) is 63.5 Å². The van der Waals surface area contributed by atoms with Gasteiger partial charge in [-0.25, -0.2) is 15.0 Å². The lowest BCUT2D eigenvalue weighted by Crippen LogP contribution is -2.42. The lowest BCUT2D eigenvalue weighted by Gasteiger charge is -2.34. The highest BCUT2D eigenvalue weighted by molar-refractivity contribution is 6.35. The second-order valence-electron chi connectivity index (χ2n) is 15.7. The van der Waals surface area contributed by atoms with Gasteiger partial charge in [0.1, 0.15) is 17.8 Å². The van der Waals surface area contributed by atoms with Crippen molar-refractivity contribution in [2.24, 2.45) is 14.1 Å². The lowest BCUT2D eigenvalue weighted by molar-refractivity contribution is 0.0957. The van der Waals surface area contributed by atoms with E-state index < -0.39 is 0 Å². The molecule has 1 atom stereocenters. The molecular weight excluding hydrogens is 783 g/mol. The number of ether oxygens (including phenoxy) is 1. The molecule has 59 heavy (non-hydrogen) atoms. The first-order chi connectivity index (χ1) is 28.3. The molecule has 9 rings (SSSR count). The van der Waals surface area contributed by atoms with Crippen molar-refractivity contribution < 1.29 is 9.53 Å². The Labute approximate surface area is 352 Å². The number of benzene rings is 3. The van der Waals surface area contributed by atoms with E-state index in [1.165, 1.54) is 0 Å². The first-order valence-electron chi connectivity index (χ1n) is 19.7. The van der Waals surface area contributed by atoms with E-state index in [1.54, 1.807) is 23.4 Å². The number of amides is 1. The maximum Gasteiger partial charge on any atom is 0.275 e. The molecule has 1 amide bonds. The van der Waals surface area contributed by atoms with Gasteiger partial charge in [0.05, 0.1) is 28.5 Å². The minimum absolute atomic E-state index is 0.0716. The Hall–Kier alpha value is -5.98. The summed E-state index contributed by atoms with van der Waals surface area (Å²) in [6, 6.07) is 14.0. The smallest absolute Gasteiger partial charge is 0.275 e. The van der Waals surface area contributed by atoms with Crippen LogP contribution in [0.4, 0.5) is 5.69 Å². The molecule has 0 N–H and O–H groups in total. The van der Waals surface area contributed by atoms with Crippen LogP contribution in [0.2, 0.25) is 10.0 Å². The Morgan fingerprint density at radius 3 is 2.34 bits per heavy atom. The van der Waals surface area contributed by atoms with Gasteiger partial charge >= 0.3 is 0 Å². The molecule has 6 heterocycles. The summed E-state index contributed by atoms with van der Waals surface area (Å²) in [5, 5.41) is 12.8. The normalized spacial score (nSPS) is 14.2. The first-order valence-corrected chi connectivity index (χ1v) is 20.4. The number of fused-ring (bicyclic) bond motifs is 4. The van der Waals surface area contributed by atoms with Gasteiger partial charge in [-0.05, 0) is 113 Å². The first kappa shape index (κ1) is 38.5. The van der Waals surface area contributed by atoms with Crippen LogP contribution in [0.15, 0.2) is 67.4 Å². The number of hydrogen-bond donors (Lipinski definition) is 0. The maximum absolute atomic E-state index is 15.3. The van der Waals surface area contributed by atoms with Crippen molar-refractivity contribution in [2.45, 2.75) is 60.4 Å². The van der Waals surface area contributed by atoms with Crippen LogP contribution in [-0.2, 0) is 20.5 Å². The molecule has 1 aliphatic heterocycles. The molecule has 1 aliphatic rings. The fourth-order valence-electron chi connectivity index (χ4n) is 8.66. The molecule has 12 nitrogen and oxygen atoms in total. The number of rotatable bonds is 9. The van der Waals surface area contributed by atoms with Crippen molar-refractivity contribution >= 4 is 56.6 Å². The summed E-state index contributed by atoms with van der Waals surface area (Å²) in [5.41, 5.74) is 11.9. The molecule has 0 aliphatic carbocycles. The summed E-state index contributed by atoms with van der Waals surface area (Å²) in [5.74, 6) is 1.68. The van der Waals surface area contributed by atoms with Gasteiger partial charge in [0.25, 0.3) is 11.9 Å². The zero-order valence-electron chi connectivity index (χ0n) is 34.3. The minimum Gasteiger partial charge on any atom is -0.494 e. The molecule has 5 aromatic heterocycles. The molecule has 1 unspecified atom stereocenters.